The van der Waals surface area contributed by atoms with Gasteiger partial charge in [-0.3, -0.25) is 9.59 Å². The van der Waals surface area contributed by atoms with Crippen molar-refractivity contribution in [1.82, 2.24) is 10.2 Å². The molecular formula is C26H26N2O4. The topological polar surface area (TPSA) is 71.8 Å². The Hall–Kier alpha value is -3.80. The summed E-state index contributed by atoms with van der Waals surface area (Å²) in [5, 5.41) is 2.78. The average Bonchev–Trinajstić information content (AvgIpc) is 3.36. The van der Waals surface area contributed by atoms with Crippen LogP contribution in [0.3, 0.4) is 0 Å². The summed E-state index contributed by atoms with van der Waals surface area (Å²) in [6.07, 6.45) is 4.98. The molecule has 2 aromatic carbocycles. The standard InChI is InChI=1S/C26H26N2O4/c29-25(21-10-3-1-4-11-21)27-24(17-23-14-8-16-31-23)26(30)28-15-7-9-20(18-28)19-32-22-12-5-2-6-13-22/h1-6,8,10-14,16-17,20H,7,9,15,18-19H2,(H,27,29)/b24-17+. The van der Waals surface area contributed by atoms with Crippen LogP contribution >= 0.6 is 0 Å². The first-order valence-corrected chi connectivity index (χ1v) is 10.8. The first kappa shape index (κ1) is 21.4. The van der Waals surface area contributed by atoms with E-state index >= 15 is 0 Å². The van der Waals surface area contributed by atoms with Crippen LogP contribution in [0.4, 0.5) is 0 Å². The molecule has 1 N–H and O–H groups in total. The number of nitrogens with one attached hydrogen (secondary N) is 1. The van der Waals surface area contributed by atoms with Gasteiger partial charge in [0.1, 0.15) is 17.2 Å². The number of para-hydroxylation sites is 1. The fraction of sp³-hybridized carbons (Fsp3) is 0.231. The van der Waals surface area contributed by atoms with Crippen molar-refractivity contribution in [3.8, 4) is 5.75 Å². The highest BCUT2D eigenvalue weighted by atomic mass is 16.5. The van der Waals surface area contributed by atoms with Crippen LogP contribution in [0.5, 0.6) is 5.75 Å². The molecule has 0 radical (unpaired) electrons. The molecule has 0 spiro atoms. The summed E-state index contributed by atoms with van der Waals surface area (Å²) < 4.78 is 11.3. The number of amides is 2. The number of carbonyl (C=O) groups excluding carboxylic acids is 2. The molecule has 1 saturated heterocycles. The molecule has 4 rings (SSSR count). The molecule has 32 heavy (non-hydrogen) atoms. The number of benzene rings is 2. The number of furan rings is 1. The van der Waals surface area contributed by atoms with Gasteiger partial charge in [-0.05, 0) is 49.2 Å². The molecule has 1 aromatic heterocycles. The highest BCUT2D eigenvalue weighted by molar-refractivity contribution is 6.05. The van der Waals surface area contributed by atoms with Gasteiger partial charge in [-0.2, -0.15) is 0 Å². The molecule has 1 aliphatic rings. The quantitative estimate of drug-likeness (QED) is 0.565. The number of likely N-dealkylation sites (tertiary alicyclic amines) is 1. The molecule has 1 atom stereocenters. The third kappa shape index (κ3) is 5.66. The lowest BCUT2D eigenvalue weighted by Crippen LogP contribution is -2.45. The van der Waals surface area contributed by atoms with E-state index < -0.39 is 0 Å². The lowest BCUT2D eigenvalue weighted by Gasteiger charge is -2.33. The van der Waals surface area contributed by atoms with Gasteiger partial charge in [0.15, 0.2) is 0 Å². The van der Waals surface area contributed by atoms with E-state index in [4.69, 9.17) is 9.15 Å². The summed E-state index contributed by atoms with van der Waals surface area (Å²) in [7, 11) is 0. The van der Waals surface area contributed by atoms with E-state index in [0.717, 1.165) is 18.6 Å². The highest BCUT2D eigenvalue weighted by Crippen LogP contribution is 2.21. The summed E-state index contributed by atoms with van der Waals surface area (Å²) in [5.41, 5.74) is 0.678. The van der Waals surface area contributed by atoms with E-state index in [-0.39, 0.29) is 23.4 Å². The van der Waals surface area contributed by atoms with Crippen LogP contribution in [0.25, 0.3) is 6.08 Å². The zero-order valence-electron chi connectivity index (χ0n) is 17.8. The normalized spacial score (nSPS) is 16.4. The van der Waals surface area contributed by atoms with Crippen molar-refractivity contribution >= 4 is 17.9 Å². The molecule has 2 amide bonds. The zero-order valence-corrected chi connectivity index (χ0v) is 17.8. The van der Waals surface area contributed by atoms with Gasteiger partial charge in [0.05, 0.1) is 12.9 Å². The van der Waals surface area contributed by atoms with Crippen LogP contribution in [0.15, 0.2) is 89.2 Å². The van der Waals surface area contributed by atoms with E-state index in [9.17, 15) is 9.59 Å². The Balaban J connectivity index is 1.45. The SMILES string of the molecule is O=C(N/C(=C/c1ccco1)C(=O)N1CCCC(COc2ccccc2)C1)c1ccccc1. The second-order valence-corrected chi connectivity index (χ2v) is 7.78. The molecule has 6 heteroatoms. The molecule has 2 heterocycles. The van der Waals surface area contributed by atoms with Crippen LogP contribution < -0.4 is 10.1 Å². The van der Waals surface area contributed by atoms with Gasteiger partial charge in [0.25, 0.3) is 11.8 Å². The number of rotatable bonds is 7. The Bertz CT molecular complexity index is 1050. The summed E-state index contributed by atoms with van der Waals surface area (Å²) >= 11 is 0. The minimum atomic E-state index is -0.335. The predicted molar refractivity (Wildman–Crippen MR) is 122 cm³/mol. The third-order valence-electron chi connectivity index (χ3n) is 5.38. The van der Waals surface area contributed by atoms with Crippen LogP contribution in [-0.4, -0.2) is 36.4 Å². The molecule has 6 nitrogen and oxygen atoms in total. The number of hydrogen-bond acceptors (Lipinski definition) is 4. The fourth-order valence-electron chi connectivity index (χ4n) is 3.74. The van der Waals surface area contributed by atoms with Crippen molar-refractivity contribution in [2.45, 2.75) is 12.8 Å². The van der Waals surface area contributed by atoms with Gasteiger partial charge in [0, 0.05) is 30.6 Å². The minimum Gasteiger partial charge on any atom is -0.493 e. The Morgan fingerprint density at radius 3 is 2.50 bits per heavy atom. The molecule has 1 unspecified atom stereocenters. The van der Waals surface area contributed by atoms with Crippen molar-refractivity contribution in [1.29, 1.82) is 0 Å². The van der Waals surface area contributed by atoms with Crippen LogP contribution in [0.1, 0.15) is 29.0 Å². The second kappa shape index (κ2) is 10.5. The Morgan fingerprint density at radius 2 is 1.78 bits per heavy atom. The van der Waals surface area contributed by atoms with Crippen molar-refractivity contribution < 1.29 is 18.7 Å². The molecule has 0 bridgehead atoms. The highest BCUT2D eigenvalue weighted by Gasteiger charge is 2.27. The van der Waals surface area contributed by atoms with E-state index in [0.29, 0.717) is 31.0 Å². The van der Waals surface area contributed by atoms with Gasteiger partial charge in [-0.1, -0.05) is 36.4 Å². The average molecular weight is 431 g/mol. The van der Waals surface area contributed by atoms with Crippen molar-refractivity contribution in [3.63, 3.8) is 0 Å². The third-order valence-corrected chi connectivity index (χ3v) is 5.38. The van der Waals surface area contributed by atoms with Crippen LogP contribution in [0, 0.1) is 5.92 Å². The van der Waals surface area contributed by atoms with E-state index in [1.54, 1.807) is 47.4 Å². The molecule has 164 valence electrons. The number of piperidine rings is 1. The van der Waals surface area contributed by atoms with Gasteiger partial charge in [0.2, 0.25) is 0 Å². The lowest BCUT2D eigenvalue weighted by atomic mass is 9.98. The number of nitrogens with zero attached hydrogens (tertiary/aromatic N) is 1. The first-order valence-electron chi connectivity index (χ1n) is 10.8. The number of hydrogen-bond donors (Lipinski definition) is 1. The summed E-state index contributed by atoms with van der Waals surface area (Å²) in [5.74, 6) is 0.988. The summed E-state index contributed by atoms with van der Waals surface area (Å²) in [4.78, 5) is 27.9. The van der Waals surface area contributed by atoms with Crippen molar-refractivity contribution in [3.05, 3.63) is 96.1 Å². The Morgan fingerprint density at radius 1 is 1.03 bits per heavy atom. The predicted octanol–water partition coefficient (Wildman–Crippen LogP) is 4.37. The largest absolute Gasteiger partial charge is 0.493 e. The van der Waals surface area contributed by atoms with E-state index in [1.807, 2.05) is 36.4 Å². The molecule has 1 fully saturated rings. The molecule has 0 saturated carbocycles. The minimum absolute atomic E-state index is 0.193. The molecule has 3 aromatic rings. The second-order valence-electron chi connectivity index (χ2n) is 7.78. The van der Waals surface area contributed by atoms with Crippen molar-refractivity contribution in [2.24, 2.45) is 5.92 Å². The maximum Gasteiger partial charge on any atom is 0.270 e. The van der Waals surface area contributed by atoms with E-state index in [2.05, 4.69) is 5.32 Å². The smallest absolute Gasteiger partial charge is 0.270 e. The molecular weight excluding hydrogens is 404 g/mol. The fourth-order valence-corrected chi connectivity index (χ4v) is 3.74. The molecule has 0 aliphatic carbocycles. The van der Waals surface area contributed by atoms with Gasteiger partial charge >= 0.3 is 0 Å². The Labute approximate surface area is 187 Å². The first-order chi connectivity index (χ1) is 15.7. The monoisotopic (exact) mass is 430 g/mol. The summed E-state index contributed by atoms with van der Waals surface area (Å²) in [6.45, 7) is 1.75. The van der Waals surface area contributed by atoms with E-state index in [1.165, 1.54) is 6.26 Å². The summed E-state index contributed by atoms with van der Waals surface area (Å²) in [6, 6.07) is 22.0. The molecule has 1 aliphatic heterocycles. The van der Waals surface area contributed by atoms with Gasteiger partial charge in [-0.15, -0.1) is 0 Å². The maximum absolute atomic E-state index is 13.4. The lowest BCUT2D eigenvalue weighted by molar-refractivity contribution is -0.129. The van der Waals surface area contributed by atoms with Crippen LogP contribution in [0.2, 0.25) is 0 Å². The van der Waals surface area contributed by atoms with Crippen LogP contribution in [-0.2, 0) is 4.79 Å². The van der Waals surface area contributed by atoms with Gasteiger partial charge < -0.3 is 19.4 Å². The zero-order chi connectivity index (χ0) is 22.2. The van der Waals surface area contributed by atoms with Crippen molar-refractivity contribution in [2.75, 3.05) is 19.7 Å². The maximum atomic E-state index is 13.4. The Kier molecular flexibility index (Phi) is 7.02. The number of carbonyl (C=O) groups is 2. The number of ether oxygens (including phenoxy) is 1. The van der Waals surface area contributed by atoms with Gasteiger partial charge in [-0.25, -0.2) is 0 Å².